The lowest BCUT2D eigenvalue weighted by Gasteiger charge is -2.51. The maximum absolute atomic E-state index is 5.62. The molecule has 0 N–H and O–H groups in total. The minimum atomic E-state index is -1.28. The van der Waals surface area contributed by atoms with E-state index in [9.17, 15) is 0 Å². The van der Waals surface area contributed by atoms with Gasteiger partial charge in [0, 0.05) is 5.92 Å². The summed E-state index contributed by atoms with van der Waals surface area (Å²) < 4.78 is 8.58. The minimum absolute atomic E-state index is 0.499. The van der Waals surface area contributed by atoms with E-state index in [2.05, 4.69) is 43.5 Å². The van der Waals surface area contributed by atoms with Crippen LogP contribution >= 0.6 is 12.2 Å². The van der Waals surface area contributed by atoms with Crippen LogP contribution in [0.1, 0.15) is 32.6 Å². The number of thiocarbonyl (C=S) groups is 1. The van der Waals surface area contributed by atoms with Crippen molar-refractivity contribution < 1.29 is 4.74 Å². The summed E-state index contributed by atoms with van der Waals surface area (Å²) in [6.45, 7) is 17.7. The van der Waals surface area contributed by atoms with Crippen LogP contribution in [0.2, 0.25) is 39.3 Å². The van der Waals surface area contributed by atoms with Crippen LogP contribution in [-0.4, -0.2) is 38.4 Å². The molecule has 1 fully saturated rings. The highest BCUT2D eigenvalue weighted by Gasteiger charge is 2.41. The third-order valence-electron chi connectivity index (χ3n) is 4.08. The number of ether oxygens (including phenoxy) is 1. The van der Waals surface area contributed by atoms with Crippen LogP contribution in [0.15, 0.2) is 0 Å². The summed E-state index contributed by atoms with van der Waals surface area (Å²) in [5.41, 5.74) is 0. The fourth-order valence-electron chi connectivity index (χ4n) is 3.97. The molecule has 1 rings (SSSR count). The fourth-order valence-corrected chi connectivity index (χ4v) is 15.0. The van der Waals surface area contributed by atoms with Crippen molar-refractivity contribution in [3.05, 3.63) is 0 Å². The van der Waals surface area contributed by atoms with Crippen LogP contribution in [0.25, 0.3) is 0 Å². The molecule has 0 saturated heterocycles. The first kappa shape index (κ1) is 18.3. The lowest BCUT2D eigenvalue weighted by Crippen LogP contribution is -2.64. The Bertz CT molecular complexity index is 322. The third-order valence-corrected chi connectivity index (χ3v) is 12.2. The van der Waals surface area contributed by atoms with Crippen LogP contribution in [0.5, 0.6) is 0 Å². The van der Waals surface area contributed by atoms with Gasteiger partial charge in [-0.15, -0.1) is 0 Å². The molecule has 0 aromatic carbocycles. The maximum atomic E-state index is 5.62. The van der Waals surface area contributed by atoms with Crippen LogP contribution in [-0.2, 0) is 4.74 Å². The first-order valence-electron chi connectivity index (χ1n) is 8.03. The number of nitrogens with zero attached hydrogens (tertiary/aromatic N) is 1. The molecule has 1 aliphatic rings. The molecule has 0 radical (unpaired) electrons. The van der Waals surface area contributed by atoms with Crippen molar-refractivity contribution >= 4 is 33.7 Å². The third kappa shape index (κ3) is 4.93. The number of hydrogen-bond acceptors (Lipinski definition) is 3. The minimum Gasteiger partial charge on any atom is -0.487 e. The smallest absolute Gasteiger partial charge is 0.162 e. The van der Waals surface area contributed by atoms with Crippen molar-refractivity contribution in [1.29, 1.82) is 0 Å². The molecule has 2 atom stereocenters. The summed E-state index contributed by atoms with van der Waals surface area (Å²) in [7, 11) is -2.56. The number of hydrogen-bond donors (Lipinski definition) is 0. The van der Waals surface area contributed by atoms with Gasteiger partial charge in [0.1, 0.15) is 16.5 Å². The topological polar surface area (TPSA) is 12.5 Å². The molecule has 2 unspecified atom stereocenters. The van der Waals surface area contributed by atoms with E-state index < -0.39 is 16.5 Å². The SMILES string of the molecule is CCOC(=S)C1CCCC(N([Si](C)(C)C)[Si](C)(C)C)C1. The van der Waals surface area contributed by atoms with Crippen molar-refractivity contribution in [2.24, 2.45) is 5.92 Å². The molecule has 0 amide bonds. The second kappa shape index (κ2) is 7.03. The van der Waals surface area contributed by atoms with Gasteiger partial charge in [-0.05, 0) is 44.4 Å². The summed E-state index contributed by atoms with van der Waals surface area (Å²) in [5, 5.41) is 0.864. The van der Waals surface area contributed by atoms with E-state index in [0.717, 1.165) is 11.1 Å². The zero-order valence-corrected chi connectivity index (χ0v) is 17.3. The Morgan fingerprint density at radius 1 is 1.10 bits per heavy atom. The molecule has 0 heterocycles. The molecule has 5 heteroatoms. The van der Waals surface area contributed by atoms with Gasteiger partial charge in [0.05, 0.1) is 6.61 Å². The standard InChI is InChI=1S/C15H33NOSSi2/c1-8-17-15(18)13-10-9-11-14(12-13)16(19(2,3)4)20(5,6)7/h13-14H,8-12H2,1-7H3. The van der Waals surface area contributed by atoms with Crippen LogP contribution in [0.4, 0.5) is 0 Å². The Morgan fingerprint density at radius 3 is 2.10 bits per heavy atom. The second-order valence-corrected chi connectivity index (χ2v) is 18.5. The molecule has 2 nitrogen and oxygen atoms in total. The Morgan fingerprint density at radius 2 is 1.65 bits per heavy atom. The van der Waals surface area contributed by atoms with E-state index in [1.807, 2.05) is 6.92 Å². The Hall–Kier alpha value is 0.284. The van der Waals surface area contributed by atoms with Crippen molar-refractivity contribution in [2.45, 2.75) is 77.9 Å². The Kier molecular flexibility index (Phi) is 6.44. The van der Waals surface area contributed by atoms with Gasteiger partial charge in [0.15, 0.2) is 5.05 Å². The number of rotatable bonds is 5. The highest BCUT2D eigenvalue weighted by Crippen LogP contribution is 2.34. The molecule has 0 aromatic rings. The second-order valence-electron chi connectivity index (χ2n) is 7.98. The van der Waals surface area contributed by atoms with Crippen LogP contribution in [0, 0.1) is 5.92 Å². The van der Waals surface area contributed by atoms with E-state index in [1.165, 1.54) is 25.7 Å². The van der Waals surface area contributed by atoms with E-state index in [4.69, 9.17) is 17.0 Å². The van der Waals surface area contributed by atoms with Gasteiger partial charge < -0.3 is 8.97 Å². The molecule has 1 aliphatic carbocycles. The summed E-state index contributed by atoms with van der Waals surface area (Å²) in [4.78, 5) is 0. The summed E-state index contributed by atoms with van der Waals surface area (Å²) in [6.07, 6.45) is 5.09. The zero-order chi connectivity index (χ0) is 15.6. The van der Waals surface area contributed by atoms with Gasteiger partial charge in [-0.25, -0.2) is 0 Å². The fraction of sp³-hybridized carbons (Fsp3) is 0.933. The first-order valence-corrected chi connectivity index (χ1v) is 15.3. The van der Waals surface area contributed by atoms with E-state index in [1.54, 1.807) is 0 Å². The van der Waals surface area contributed by atoms with Gasteiger partial charge in [-0.3, -0.25) is 0 Å². The molecular formula is C15H33NOSSi2. The lowest BCUT2D eigenvalue weighted by molar-refractivity contribution is 0.249. The molecule has 0 spiro atoms. The van der Waals surface area contributed by atoms with Gasteiger partial charge in [-0.1, -0.05) is 45.7 Å². The van der Waals surface area contributed by atoms with Crippen LogP contribution in [0.3, 0.4) is 0 Å². The van der Waals surface area contributed by atoms with E-state index in [0.29, 0.717) is 12.5 Å². The summed E-state index contributed by atoms with van der Waals surface area (Å²) in [6, 6.07) is 0.727. The first-order chi connectivity index (χ1) is 9.07. The zero-order valence-electron chi connectivity index (χ0n) is 14.5. The molecule has 0 aliphatic heterocycles. The predicted octanol–water partition coefficient (Wildman–Crippen LogP) is 4.88. The summed E-state index contributed by atoms with van der Waals surface area (Å²) >= 11 is 5.48. The van der Waals surface area contributed by atoms with Crippen molar-refractivity contribution in [3.8, 4) is 0 Å². The van der Waals surface area contributed by atoms with Gasteiger partial charge >= 0.3 is 0 Å². The lowest BCUT2D eigenvalue weighted by atomic mass is 9.86. The average molecular weight is 332 g/mol. The van der Waals surface area contributed by atoms with Crippen molar-refractivity contribution in [2.75, 3.05) is 6.61 Å². The van der Waals surface area contributed by atoms with E-state index >= 15 is 0 Å². The molecule has 20 heavy (non-hydrogen) atoms. The van der Waals surface area contributed by atoms with Gasteiger partial charge in [0.25, 0.3) is 0 Å². The monoisotopic (exact) mass is 331 g/mol. The Labute approximate surface area is 133 Å². The maximum Gasteiger partial charge on any atom is 0.162 e. The molecule has 0 bridgehead atoms. The van der Waals surface area contributed by atoms with E-state index in [-0.39, 0.29) is 0 Å². The normalized spacial score (nSPS) is 24.8. The van der Waals surface area contributed by atoms with Gasteiger partial charge in [-0.2, -0.15) is 0 Å². The quantitative estimate of drug-likeness (QED) is 0.526. The predicted molar refractivity (Wildman–Crippen MR) is 98.5 cm³/mol. The largest absolute Gasteiger partial charge is 0.487 e. The molecular weight excluding hydrogens is 298 g/mol. The van der Waals surface area contributed by atoms with Gasteiger partial charge in [0.2, 0.25) is 0 Å². The molecule has 118 valence electrons. The van der Waals surface area contributed by atoms with Crippen molar-refractivity contribution in [1.82, 2.24) is 4.23 Å². The molecule has 1 saturated carbocycles. The average Bonchev–Trinajstić information content (AvgIpc) is 2.25. The van der Waals surface area contributed by atoms with Crippen LogP contribution < -0.4 is 0 Å². The highest BCUT2D eigenvalue weighted by molar-refractivity contribution is 7.80. The Balaban J connectivity index is 2.85. The molecule has 0 aromatic heterocycles. The highest BCUT2D eigenvalue weighted by atomic mass is 32.1. The van der Waals surface area contributed by atoms with Crippen molar-refractivity contribution in [3.63, 3.8) is 0 Å². The summed E-state index contributed by atoms with van der Waals surface area (Å²) in [5.74, 6) is 0.499.